The SMILES string of the molecule is CC(C)CN(CCOc1ccccc1C(N)=S)CC(C)C. The van der Waals surface area contributed by atoms with Crippen molar-refractivity contribution in [2.45, 2.75) is 27.7 Å². The van der Waals surface area contributed by atoms with Crippen LogP contribution >= 0.6 is 12.2 Å². The fourth-order valence-corrected chi connectivity index (χ4v) is 2.54. The molecule has 0 saturated heterocycles. The Hall–Kier alpha value is -1.13. The van der Waals surface area contributed by atoms with Gasteiger partial charge in [0, 0.05) is 19.6 Å². The Bertz CT molecular complexity index is 436. The van der Waals surface area contributed by atoms with Gasteiger partial charge in [-0.15, -0.1) is 0 Å². The van der Waals surface area contributed by atoms with E-state index in [2.05, 4.69) is 32.6 Å². The monoisotopic (exact) mass is 308 g/mol. The van der Waals surface area contributed by atoms with Gasteiger partial charge in [-0.3, -0.25) is 4.90 Å². The Morgan fingerprint density at radius 2 is 1.71 bits per heavy atom. The normalized spacial score (nSPS) is 11.4. The smallest absolute Gasteiger partial charge is 0.129 e. The molecule has 0 aliphatic rings. The number of para-hydroxylation sites is 1. The van der Waals surface area contributed by atoms with Crippen molar-refractivity contribution in [2.24, 2.45) is 17.6 Å². The van der Waals surface area contributed by atoms with Gasteiger partial charge in [0.15, 0.2) is 0 Å². The van der Waals surface area contributed by atoms with Gasteiger partial charge in [0.25, 0.3) is 0 Å². The summed E-state index contributed by atoms with van der Waals surface area (Å²) in [5.74, 6) is 2.10. The van der Waals surface area contributed by atoms with Crippen LogP contribution in [0, 0.1) is 11.8 Å². The molecule has 2 N–H and O–H groups in total. The second-order valence-corrected chi connectivity index (χ2v) is 6.70. The summed E-state index contributed by atoms with van der Waals surface area (Å²) < 4.78 is 5.88. The molecule has 3 nitrogen and oxygen atoms in total. The number of nitrogens with zero attached hydrogens (tertiary/aromatic N) is 1. The third-order valence-electron chi connectivity index (χ3n) is 3.06. The molecule has 0 unspecified atom stereocenters. The predicted molar refractivity (Wildman–Crippen MR) is 93.9 cm³/mol. The van der Waals surface area contributed by atoms with Crippen molar-refractivity contribution in [2.75, 3.05) is 26.2 Å². The molecule has 0 aliphatic heterocycles. The summed E-state index contributed by atoms with van der Waals surface area (Å²) in [5.41, 5.74) is 6.53. The van der Waals surface area contributed by atoms with Gasteiger partial charge in [-0.05, 0) is 24.0 Å². The Morgan fingerprint density at radius 1 is 1.14 bits per heavy atom. The fraction of sp³-hybridized carbons (Fsp3) is 0.588. The first-order valence-corrected chi connectivity index (χ1v) is 8.05. The molecule has 0 aromatic heterocycles. The predicted octanol–water partition coefficient (Wildman–Crippen LogP) is 3.31. The topological polar surface area (TPSA) is 38.5 Å². The molecule has 0 spiro atoms. The molecular formula is C17H28N2OS. The summed E-state index contributed by atoms with van der Waals surface area (Å²) in [6.45, 7) is 12.7. The maximum Gasteiger partial charge on any atom is 0.129 e. The van der Waals surface area contributed by atoms with Crippen LogP contribution in [0.4, 0.5) is 0 Å². The van der Waals surface area contributed by atoms with E-state index in [1.54, 1.807) is 0 Å². The van der Waals surface area contributed by atoms with Gasteiger partial charge in [-0.1, -0.05) is 52.0 Å². The van der Waals surface area contributed by atoms with E-state index >= 15 is 0 Å². The van der Waals surface area contributed by atoms with Crippen molar-refractivity contribution in [1.29, 1.82) is 0 Å². The molecule has 4 heteroatoms. The van der Waals surface area contributed by atoms with Crippen LogP contribution in [0.5, 0.6) is 5.75 Å². The molecule has 0 bridgehead atoms. The van der Waals surface area contributed by atoms with Gasteiger partial charge in [-0.25, -0.2) is 0 Å². The summed E-state index contributed by atoms with van der Waals surface area (Å²) in [7, 11) is 0. The minimum absolute atomic E-state index is 0.381. The maximum atomic E-state index is 5.88. The number of thiocarbonyl (C=S) groups is 1. The number of benzene rings is 1. The van der Waals surface area contributed by atoms with E-state index in [1.165, 1.54) is 0 Å². The standard InChI is InChI=1S/C17H28N2OS/c1-13(2)11-19(12-14(3)4)9-10-20-16-8-6-5-7-15(16)17(18)21/h5-8,13-14H,9-12H2,1-4H3,(H2,18,21). The molecule has 1 aromatic rings. The molecule has 0 amide bonds. The lowest BCUT2D eigenvalue weighted by Gasteiger charge is -2.26. The van der Waals surface area contributed by atoms with Crippen molar-refractivity contribution in [1.82, 2.24) is 4.90 Å². The van der Waals surface area contributed by atoms with Crippen molar-refractivity contribution in [3.05, 3.63) is 29.8 Å². The molecule has 0 saturated carbocycles. The highest BCUT2D eigenvalue weighted by atomic mass is 32.1. The van der Waals surface area contributed by atoms with Gasteiger partial charge in [0.05, 0.1) is 5.56 Å². The molecule has 1 rings (SSSR count). The highest BCUT2D eigenvalue weighted by molar-refractivity contribution is 7.80. The zero-order valence-electron chi connectivity index (χ0n) is 13.6. The molecule has 0 atom stereocenters. The molecule has 0 heterocycles. The number of hydrogen-bond donors (Lipinski definition) is 1. The van der Waals surface area contributed by atoms with Crippen LogP contribution in [-0.2, 0) is 0 Å². The summed E-state index contributed by atoms with van der Waals surface area (Å²) >= 11 is 5.05. The van der Waals surface area contributed by atoms with Crippen LogP contribution in [0.3, 0.4) is 0 Å². The first-order valence-electron chi connectivity index (χ1n) is 7.64. The van der Waals surface area contributed by atoms with Crippen molar-refractivity contribution in [3.63, 3.8) is 0 Å². The lowest BCUT2D eigenvalue weighted by molar-refractivity contribution is 0.177. The Morgan fingerprint density at radius 3 is 2.24 bits per heavy atom. The number of rotatable bonds is 9. The van der Waals surface area contributed by atoms with Gasteiger partial charge >= 0.3 is 0 Å². The van der Waals surface area contributed by atoms with Crippen LogP contribution in [0.1, 0.15) is 33.3 Å². The fourth-order valence-electron chi connectivity index (χ4n) is 2.37. The quantitative estimate of drug-likeness (QED) is 0.710. The Balaban J connectivity index is 2.55. The van der Waals surface area contributed by atoms with E-state index in [0.29, 0.717) is 23.4 Å². The molecule has 118 valence electrons. The van der Waals surface area contributed by atoms with Crippen LogP contribution in [0.2, 0.25) is 0 Å². The largest absolute Gasteiger partial charge is 0.492 e. The van der Waals surface area contributed by atoms with E-state index in [4.69, 9.17) is 22.7 Å². The first-order chi connectivity index (χ1) is 9.90. The molecule has 0 radical (unpaired) electrons. The van der Waals surface area contributed by atoms with E-state index in [1.807, 2.05) is 24.3 Å². The molecular weight excluding hydrogens is 280 g/mol. The zero-order valence-corrected chi connectivity index (χ0v) is 14.5. The van der Waals surface area contributed by atoms with Gasteiger partial charge in [0.2, 0.25) is 0 Å². The van der Waals surface area contributed by atoms with Crippen LogP contribution in [0.25, 0.3) is 0 Å². The number of hydrogen-bond acceptors (Lipinski definition) is 3. The highest BCUT2D eigenvalue weighted by Gasteiger charge is 2.10. The number of ether oxygens (including phenoxy) is 1. The minimum atomic E-state index is 0.381. The Labute approximate surface area is 134 Å². The van der Waals surface area contributed by atoms with E-state index < -0.39 is 0 Å². The molecule has 1 aromatic carbocycles. The van der Waals surface area contributed by atoms with Gasteiger partial charge in [0.1, 0.15) is 17.3 Å². The maximum absolute atomic E-state index is 5.88. The Kier molecular flexibility index (Phi) is 7.68. The minimum Gasteiger partial charge on any atom is -0.492 e. The molecule has 21 heavy (non-hydrogen) atoms. The van der Waals surface area contributed by atoms with E-state index in [0.717, 1.165) is 30.9 Å². The van der Waals surface area contributed by atoms with Gasteiger partial charge < -0.3 is 10.5 Å². The van der Waals surface area contributed by atoms with E-state index in [-0.39, 0.29) is 0 Å². The van der Waals surface area contributed by atoms with Crippen LogP contribution in [0.15, 0.2) is 24.3 Å². The molecule has 0 fully saturated rings. The third kappa shape index (κ3) is 6.91. The van der Waals surface area contributed by atoms with Crippen molar-refractivity contribution >= 4 is 17.2 Å². The van der Waals surface area contributed by atoms with Crippen molar-refractivity contribution in [3.8, 4) is 5.75 Å². The summed E-state index contributed by atoms with van der Waals surface area (Å²) in [6, 6.07) is 7.68. The van der Waals surface area contributed by atoms with Crippen molar-refractivity contribution < 1.29 is 4.74 Å². The third-order valence-corrected chi connectivity index (χ3v) is 3.28. The van der Waals surface area contributed by atoms with E-state index in [9.17, 15) is 0 Å². The second-order valence-electron chi connectivity index (χ2n) is 6.26. The lowest BCUT2D eigenvalue weighted by atomic mass is 10.1. The zero-order chi connectivity index (χ0) is 15.8. The van der Waals surface area contributed by atoms with Crippen LogP contribution in [-0.4, -0.2) is 36.1 Å². The summed E-state index contributed by atoms with van der Waals surface area (Å²) in [5, 5.41) is 0. The summed E-state index contributed by atoms with van der Waals surface area (Å²) in [4.78, 5) is 2.84. The summed E-state index contributed by atoms with van der Waals surface area (Å²) in [6.07, 6.45) is 0. The lowest BCUT2D eigenvalue weighted by Crippen LogP contribution is -2.34. The first kappa shape index (κ1) is 17.9. The highest BCUT2D eigenvalue weighted by Crippen LogP contribution is 2.17. The molecule has 0 aliphatic carbocycles. The average Bonchev–Trinajstić information content (AvgIpc) is 2.37. The average molecular weight is 308 g/mol. The van der Waals surface area contributed by atoms with Crippen LogP contribution < -0.4 is 10.5 Å². The second kappa shape index (κ2) is 9.00. The number of nitrogens with two attached hydrogens (primary N) is 1. The van der Waals surface area contributed by atoms with Gasteiger partial charge in [-0.2, -0.15) is 0 Å².